The van der Waals surface area contributed by atoms with E-state index in [1.807, 2.05) is 10.9 Å². The Morgan fingerprint density at radius 2 is 2.00 bits per heavy atom. The summed E-state index contributed by atoms with van der Waals surface area (Å²) in [5.74, 6) is 5.87. The Morgan fingerprint density at radius 1 is 1.22 bits per heavy atom. The molecule has 1 aromatic heterocycles. The van der Waals surface area contributed by atoms with Crippen LogP contribution < -0.4 is 21.7 Å². The van der Waals surface area contributed by atoms with Crippen molar-refractivity contribution in [2.75, 3.05) is 17.0 Å². The first-order chi connectivity index (χ1) is 11.3. The average molecular weight is 314 g/mol. The van der Waals surface area contributed by atoms with E-state index in [9.17, 15) is 4.39 Å². The number of nitrogens with one attached hydrogen (secondary N) is 1. The number of aromatic nitrogens is 2. The fourth-order valence-electron chi connectivity index (χ4n) is 3.47. The number of nitrogens with zero attached hydrogens (tertiary/aromatic N) is 4. The van der Waals surface area contributed by atoms with Crippen LogP contribution in [0.4, 0.5) is 10.3 Å². The molecule has 1 fully saturated rings. The quantitative estimate of drug-likeness (QED) is 0.654. The van der Waals surface area contributed by atoms with Crippen molar-refractivity contribution in [2.24, 2.45) is 10.9 Å². The van der Waals surface area contributed by atoms with Gasteiger partial charge in [0, 0.05) is 23.4 Å². The van der Waals surface area contributed by atoms with Crippen LogP contribution in [0.5, 0.6) is 0 Å². The van der Waals surface area contributed by atoms with Gasteiger partial charge in [0.2, 0.25) is 5.95 Å². The largest absolute Gasteiger partial charge is 0.335 e. The molecule has 6 nitrogen and oxygen atoms in total. The monoisotopic (exact) mass is 314 g/mol. The van der Waals surface area contributed by atoms with Crippen LogP contribution in [0.15, 0.2) is 35.6 Å². The Morgan fingerprint density at radius 3 is 2.74 bits per heavy atom. The first kappa shape index (κ1) is 14.0. The van der Waals surface area contributed by atoms with Crippen LogP contribution in [0, 0.1) is 5.82 Å². The number of hydrogen-bond donors (Lipinski definition) is 2. The molecule has 120 valence electrons. The van der Waals surface area contributed by atoms with Gasteiger partial charge in [0.05, 0.1) is 0 Å². The van der Waals surface area contributed by atoms with E-state index in [2.05, 4.69) is 20.4 Å². The van der Waals surface area contributed by atoms with E-state index in [-0.39, 0.29) is 5.82 Å². The van der Waals surface area contributed by atoms with Gasteiger partial charge in [-0.25, -0.2) is 9.07 Å². The fraction of sp³-hybridized carbons (Fsp3) is 0.375. The topological polar surface area (TPSA) is 71.5 Å². The number of fused-ring (bicyclic) bond motifs is 1. The number of hydrogen-bond acceptors (Lipinski definition) is 5. The van der Waals surface area contributed by atoms with Gasteiger partial charge in [-0.3, -0.25) is 5.01 Å². The van der Waals surface area contributed by atoms with Crippen LogP contribution in [-0.4, -0.2) is 22.4 Å². The van der Waals surface area contributed by atoms with Crippen molar-refractivity contribution in [2.45, 2.75) is 31.7 Å². The number of benzene rings is 1. The zero-order valence-electron chi connectivity index (χ0n) is 12.7. The molecule has 2 aromatic rings. The fourth-order valence-corrected chi connectivity index (χ4v) is 3.47. The second kappa shape index (κ2) is 5.57. The van der Waals surface area contributed by atoms with Gasteiger partial charge in [-0.1, -0.05) is 31.0 Å². The van der Waals surface area contributed by atoms with Crippen LogP contribution in [0.3, 0.4) is 0 Å². The lowest BCUT2D eigenvalue weighted by atomic mass is 10.1. The third kappa shape index (κ3) is 2.32. The van der Waals surface area contributed by atoms with Gasteiger partial charge in [0.1, 0.15) is 12.5 Å². The SMILES string of the molecule is N/N=c1\nc2n(cc1-c1ccccc1F)N(C1CCCC1)CN2. The summed E-state index contributed by atoms with van der Waals surface area (Å²) in [6.07, 6.45) is 6.73. The second-order valence-corrected chi connectivity index (χ2v) is 5.97. The van der Waals surface area contributed by atoms with E-state index in [4.69, 9.17) is 5.84 Å². The van der Waals surface area contributed by atoms with Crippen LogP contribution in [0.2, 0.25) is 0 Å². The van der Waals surface area contributed by atoms with Gasteiger partial charge in [0.15, 0.2) is 5.49 Å². The Hall–Kier alpha value is -2.57. The summed E-state index contributed by atoms with van der Waals surface area (Å²) >= 11 is 0. The lowest BCUT2D eigenvalue weighted by Gasteiger charge is -2.27. The third-order valence-corrected chi connectivity index (χ3v) is 4.63. The van der Waals surface area contributed by atoms with Crippen LogP contribution >= 0.6 is 0 Å². The van der Waals surface area contributed by atoms with Crippen molar-refractivity contribution < 1.29 is 4.39 Å². The highest BCUT2D eigenvalue weighted by Crippen LogP contribution is 2.27. The predicted octanol–water partition coefficient (Wildman–Crippen LogP) is 1.73. The molecule has 2 aliphatic rings. The highest BCUT2D eigenvalue weighted by Gasteiger charge is 2.29. The van der Waals surface area contributed by atoms with Crippen LogP contribution in [0.1, 0.15) is 25.7 Å². The van der Waals surface area contributed by atoms with Gasteiger partial charge in [-0.2, -0.15) is 10.1 Å². The van der Waals surface area contributed by atoms with E-state index >= 15 is 0 Å². The summed E-state index contributed by atoms with van der Waals surface area (Å²) in [7, 11) is 0. The smallest absolute Gasteiger partial charge is 0.225 e. The summed E-state index contributed by atoms with van der Waals surface area (Å²) in [5, 5.41) is 9.25. The van der Waals surface area contributed by atoms with Gasteiger partial charge < -0.3 is 11.2 Å². The molecule has 0 unspecified atom stereocenters. The first-order valence-electron chi connectivity index (χ1n) is 7.91. The third-order valence-electron chi connectivity index (χ3n) is 4.63. The summed E-state index contributed by atoms with van der Waals surface area (Å²) in [4.78, 5) is 4.46. The molecule has 0 atom stereocenters. The van der Waals surface area contributed by atoms with Crippen LogP contribution in [-0.2, 0) is 0 Å². The molecule has 23 heavy (non-hydrogen) atoms. The molecule has 0 radical (unpaired) electrons. The Labute approximate surface area is 133 Å². The Balaban J connectivity index is 1.85. The summed E-state index contributed by atoms with van der Waals surface area (Å²) < 4.78 is 16.2. The van der Waals surface area contributed by atoms with Crippen molar-refractivity contribution in [1.29, 1.82) is 0 Å². The van der Waals surface area contributed by atoms with Gasteiger partial charge in [0.25, 0.3) is 0 Å². The molecule has 0 bridgehead atoms. The van der Waals surface area contributed by atoms with Gasteiger partial charge in [-0.15, -0.1) is 0 Å². The van der Waals surface area contributed by atoms with Crippen molar-refractivity contribution in [3.63, 3.8) is 0 Å². The van der Waals surface area contributed by atoms with Crippen molar-refractivity contribution >= 4 is 5.95 Å². The maximum absolute atomic E-state index is 14.2. The molecular formula is C16H19FN6. The van der Waals surface area contributed by atoms with Crippen LogP contribution in [0.25, 0.3) is 11.1 Å². The maximum atomic E-state index is 14.2. The zero-order valence-corrected chi connectivity index (χ0v) is 12.7. The molecule has 2 heterocycles. The molecule has 4 rings (SSSR count). The van der Waals surface area contributed by atoms with Gasteiger partial charge in [-0.05, 0) is 18.9 Å². The number of rotatable bonds is 2. The standard InChI is InChI=1S/C16H19FN6/c17-14-8-4-3-7-12(14)13-9-22-16(20-15(13)21-18)19-10-23(22)11-5-1-2-6-11/h3-4,7-9,11H,1-2,5-6,10,18H2,(H,19,20,21). The lowest BCUT2D eigenvalue weighted by molar-refractivity contribution is 0.517. The number of halogens is 1. The van der Waals surface area contributed by atoms with E-state index < -0.39 is 0 Å². The average Bonchev–Trinajstić information content (AvgIpc) is 3.23. The molecule has 1 saturated carbocycles. The molecule has 0 saturated heterocycles. The van der Waals surface area contributed by atoms with E-state index in [1.165, 1.54) is 31.7 Å². The normalized spacial score (nSPS) is 18.3. The molecule has 0 amide bonds. The molecule has 7 heteroatoms. The highest BCUT2D eigenvalue weighted by molar-refractivity contribution is 5.63. The summed E-state index contributed by atoms with van der Waals surface area (Å²) in [5.41, 5.74) is 1.39. The van der Waals surface area contributed by atoms with E-state index in [0.29, 0.717) is 35.3 Å². The van der Waals surface area contributed by atoms with E-state index in [0.717, 1.165) is 0 Å². The van der Waals surface area contributed by atoms with Crippen molar-refractivity contribution in [3.05, 3.63) is 41.8 Å². The highest BCUT2D eigenvalue weighted by atomic mass is 19.1. The Bertz CT molecular complexity index is 793. The summed E-state index contributed by atoms with van der Waals surface area (Å²) in [6.45, 7) is 0.697. The van der Waals surface area contributed by atoms with Crippen molar-refractivity contribution in [3.8, 4) is 11.1 Å². The van der Waals surface area contributed by atoms with Crippen molar-refractivity contribution in [1.82, 2.24) is 9.66 Å². The summed E-state index contributed by atoms with van der Waals surface area (Å²) in [6, 6.07) is 7.10. The predicted molar refractivity (Wildman–Crippen MR) is 86.3 cm³/mol. The second-order valence-electron chi connectivity index (χ2n) is 5.97. The van der Waals surface area contributed by atoms with Gasteiger partial charge >= 0.3 is 0 Å². The minimum atomic E-state index is -0.307. The molecular weight excluding hydrogens is 295 g/mol. The lowest BCUT2D eigenvalue weighted by Crippen LogP contribution is -2.40. The zero-order chi connectivity index (χ0) is 15.8. The minimum Gasteiger partial charge on any atom is -0.335 e. The molecule has 0 spiro atoms. The molecule has 1 aliphatic heterocycles. The Kier molecular flexibility index (Phi) is 3.40. The molecule has 3 N–H and O–H groups in total. The first-order valence-corrected chi connectivity index (χ1v) is 7.91. The molecule has 1 aromatic carbocycles. The maximum Gasteiger partial charge on any atom is 0.225 e. The number of nitrogens with two attached hydrogens (primary N) is 1. The molecule has 1 aliphatic carbocycles. The minimum absolute atomic E-state index is 0.307. The van der Waals surface area contributed by atoms with E-state index in [1.54, 1.807) is 18.2 Å². The number of anilines is 1.